The van der Waals surface area contributed by atoms with Crippen LogP contribution in [0.15, 0.2) is 60.8 Å². The van der Waals surface area contributed by atoms with E-state index in [0.717, 1.165) is 39.0 Å². The van der Waals surface area contributed by atoms with E-state index < -0.39 is 23.0 Å². The number of nitrogens with zero attached hydrogens (tertiary/aromatic N) is 4. The topological polar surface area (TPSA) is 119 Å². The summed E-state index contributed by atoms with van der Waals surface area (Å²) in [7, 11) is 2.15. The summed E-state index contributed by atoms with van der Waals surface area (Å²) in [5.74, 6) is -0.848. The van der Waals surface area contributed by atoms with E-state index in [-0.39, 0.29) is 53.2 Å². The molecule has 2 aliphatic heterocycles. The average Bonchev–Trinajstić information content (AvgIpc) is 3.82. The number of amides is 4. The van der Waals surface area contributed by atoms with Gasteiger partial charge in [0.05, 0.1) is 5.69 Å². The van der Waals surface area contributed by atoms with Crippen LogP contribution in [0, 0.1) is 17.0 Å². The zero-order valence-electron chi connectivity index (χ0n) is 27.4. The lowest BCUT2D eigenvalue weighted by molar-refractivity contribution is -0.119. The molecule has 2 saturated heterocycles. The number of halogens is 3. The van der Waals surface area contributed by atoms with Crippen molar-refractivity contribution in [2.45, 2.75) is 44.6 Å². The zero-order valence-corrected chi connectivity index (χ0v) is 29.1. The van der Waals surface area contributed by atoms with Gasteiger partial charge in [-0.1, -0.05) is 0 Å². The normalized spacial score (nSPS) is 17.8. The van der Waals surface area contributed by atoms with E-state index in [4.69, 9.17) is 4.74 Å². The third-order valence-electron chi connectivity index (χ3n) is 9.38. The standard InChI is InChI=1S/C35H41F2N7O4.BrH/c1-42-16-18-43(19-17-42)26-9-14-44(15-10-26)34(47)41-31-21-28(8-13-38-31)48-27-6-7-30(29(37)20-27)40-33(46)23-35(11-12-35)22-32(45)39-25-4-2-24(36)3-5-25;/h2-8,13,20-21,26H,9-12,14-19,22-23H2,1H3,(H,39,45)(H,40,46)(H,38,41,47);1H. The number of aromatic nitrogens is 1. The quantitative estimate of drug-likeness (QED) is 0.230. The maximum Gasteiger partial charge on any atom is 0.323 e. The lowest BCUT2D eigenvalue weighted by atomic mass is 9.97. The van der Waals surface area contributed by atoms with Gasteiger partial charge in [-0.05, 0) is 80.6 Å². The maximum atomic E-state index is 15.0. The van der Waals surface area contributed by atoms with E-state index >= 15 is 0 Å². The Hall–Kier alpha value is -4.14. The monoisotopic (exact) mass is 741 g/mol. The minimum Gasteiger partial charge on any atom is -0.457 e. The molecule has 11 nitrogen and oxygen atoms in total. The van der Waals surface area contributed by atoms with Crippen LogP contribution in [0.1, 0.15) is 38.5 Å². The number of ether oxygens (including phenoxy) is 1. The Bertz CT molecular complexity index is 1630. The van der Waals surface area contributed by atoms with Gasteiger partial charge in [0.2, 0.25) is 11.8 Å². The van der Waals surface area contributed by atoms with Crippen LogP contribution in [0.5, 0.6) is 11.5 Å². The number of carbonyl (C=O) groups excluding carboxylic acids is 3. The highest BCUT2D eigenvalue weighted by Crippen LogP contribution is 2.52. The first-order valence-electron chi connectivity index (χ1n) is 16.4. The van der Waals surface area contributed by atoms with Crippen molar-refractivity contribution in [1.29, 1.82) is 0 Å². The summed E-state index contributed by atoms with van der Waals surface area (Å²) in [6.45, 7) is 5.63. The van der Waals surface area contributed by atoms with Gasteiger partial charge in [-0.15, -0.1) is 17.0 Å². The molecule has 1 aromatic heterocycles. The van der Waals surface area contributed by atoms with Gasteiger partial charge < -0.3 is 25.2 Å². The van der Waals surface area contributed by atoms with E-state index in [9.17, 15) is 23.2 Å². The molecule has 3 fully saturated rings. The van der Waals surface area contributed by atoms with Gasteiger partial charge in [0, 0.05) is 82.2 Å². The highest BCUT2D eigenvalue weighted by Gasteiger charge is 2.46. The number of likely N-dealkylation sites (tertiary alicyclic amines) is 1. The fraction of sp³-hybridized carbons (Fsp3) is 0.429. The molecule has 49 heavy (non-hydrogen) atoms. The second-order valence-corrected chi connectivity index (χ2v) is 13.1. The highest BCUT2D eigenvalue weighted by molar-refractivity contribution is 8.93. The van der Waals surface area contributed by atoms with Crippen LogP contribution in [0.3, 0.4) is 0 Å². The van der Waals surface area contributed by atoms with E-state index in [0.29, 0.717) is 49.2 Å². The number of rotatable bonds is 10. The Balaban J connectivity index is 0.00000468. The van der Waals surface area contributed by atoms with Gasteiger partial charge in [0.15, 0.2) is 0 Å². The summed E-state index contributed by atoms with van der Waals surface area (Å²) < 4.78 is 34.0. The maximum absolute atomic E-state index is 15.0. The summed E-state index contributed by atoms with van der Waals surface area (Å²) in [6.07, 6.45) is 4.99. The summed E-state index contributed by atoms with van der Waals surface area (Å²) in [6, 6.07) is 13.0. The Labute approximate surface area is 295 Å². The fourth-order valence-corrected chi connectivity index (χ4v) is 6.36. The van der Waals surface area contributed by atoms with Gasteiger partial charge in [-0.3, -0.25) is 19.8 Å². The van der Waals surface area contributed by atoms with E-state index in [1.165, 1.54) is 48.7 Å². The van der Waals surface area contributed by atoms with Crippen molar-refractivity contribution in [2.24, 2.45) is 5.41 Å². The van der Waals surface area contributed by atoms with Crippen molar-refractivity contribution in [3.05, 3.63) is 72.4 Å². The second kappa shape index (κ2) is 16.0. The first-order valence-corrected chi connectivity index (χ1v) is 16.4. The molecular weight excluding hydrogens is 700 g/mol. The van der Waals surface area contributed by atoms with Gasteiger partial charge >= 0.3 is 6.03 Å². The van der Waals surface area contributed by atoms with Crippen molar-refractivity contribution in [3.63, 3.8) is 0 Å². The minimum atomic E-state index is -0.678. The second-order valence-electron chi connectivity index (χ2n) is 13.1. The van der Waals surface area contributed by atoms with Crippen LogP contribution in [-0.4, -0.2) is 89.9 Å². The molecule has 3 N–H and O–H groups in total. The molecule has 2 aromatic carbocycles. The molecular formula is C35H42BrF2N7O4. The average molecular weight is 743 g/mol. The molecule has 4 amide bonds. The van der Waals surface area contributed by atoms with Gasteiger partial charge in [0.25, 0.3) is 0 Å². The van der Waals surface area contributed by atoms with Crippen LogP contribution in [-0.2, 0) is 9.59 Å². The number of benzene rings is 2. The predicted octanol–water partition coefficient (Wildman–Crippen LogP) is 6.11. The zero-order chi connectivity index (χ0) is 33.7. The van der Waals surface area contributed by atoms with E-state index in [1.54, 1.807) is 17.0 Å². The van der Waals surface area contributed by atoms with Crippen LogP contribution in [0.2, 0.25) is 0 Å². The van der Waals surface area contributed by atoms with Crippen LogP contribution in [0.25, 0.3) is 0 Å². The van der Waals surface area contributed by atoms with Crippen LogP contribution in [0.4, 0.5) is 30.8 Å². The number of hydrogen-bond acceptors (Lipinski definition) is 7. The van der Waals surface area contributed by atoms with Gasteiger partial charge in [-0.2, -0.15) is 0 Å². The molecule has 0 spiro atoms. The molecule has 262 valence electrons. The minimum absolute atomic E-state index is 0. The molecule has 3 heterocycles. The Kier molecular flexibility index (Phi) is 11.8. The number of hydrogen-bond donors (Lipinski definition) is 3. The van der Waals surface area contributed by atoms with E-state index in [1.807, 2.05) is 0 Å². The lowest BCUT2D eigenvalue weighted by Gasteiger charge is -2.42. The molecule has 1 saturated carbocycles. The number of nitrogens with one attached hydrogen (secondary N) is 3. The number of anilines is 3. The summed E-state index contributed by atoms with van der Waals surface area (Å²) in [5, 5.41) is 8.17. The van der Waals surface area contributed by atoms with Gasteiger partial charge in [-0.25, -0.2) is 18.6 Å². The molecule has 14 heteroatoms. The number of piperazine rings is 1. The smallest absolute Gasteiger partial charge is 0.323 e. The largest absolute Gasteiger partial charge is 0.457 e. The molecule has 6 rings (SSSR count). The van der Waals surface area contributed by atoms with Crippen molar-refractivity contribution in [3.8, 4) is 11.5 Å². The summed E-state index contributed by atoms with van der Waals surface area (Å²) >= 11 is 0. The Morgan fingerprint density at radius 3 is 2.14 bits per heavy atom. The SMILES string of the molecule is Br.CN1CCN(C2CCN(C(=O)Nc3cc(Oc4ccc(NC(=O)CC5(CC(=O)Nc6ccc(F)cc6)CC5)c(F)c4)ccn3)CC2)CC1. The molecule has 3 aromatic rings. The summed E-state index contributed by atoms with van der Waals surface area (Å²) in [4.78, 5) is 49.2. The lowest BCUT2D eigenvalue weighted by Crippen LogP contribution is -2.53. The highest BCUT2D eigenvalue weighted by atomic mass is 79.9. The molecule has 3 aliphatic rings. The van der Waals surface area contributed by atoms with Crippen LogP contribution >= 0.6 is 17.0 Å². The first-order chi connectivity index (χ1) is 23.1. The number of pyridine rings is 1. The van der Waals surface area contributed by atoms with Crippen molar-refractivity contribution in [1.82, 2.24) is 19.7 Å². The molecule has 1 aliphatic carbocycles. The molecule has 0 atom stereocenters. The summed E-state index contributed by atoms with van der Waals surface area (Å²) in [5.41, 5.74) is -0.00691. The van der Waals surface area contributed by atoms with Crippen LogP contribution < -0.4 is 20.7 Å². The molecule has 0 unspecified atom stereocenters. The van der Waals surface area contributed by atoms with Crippen molar-refractivity contribution >= 4 is 52.0 Å². The van der Waals surface area contributed by atoms with Crippen molar-refractivity contribution in [2.75, 3.05) is 62.3 Å². The Morgan fingerprint density at radius 2 is 1.49 bits per heavy atom. The third-order valence-corrected chi connectivity index (χ3v) is 9.38. The molecule has 0 radical (unpaired) electrons. The number of urea groups is 1. The Morgan fingerprint density at radius 1 is 0.837 bits per heavy atom. The first kappa shape index (κ1) is 36.1. The van der Waals surface area contributed by atoms with Gasteiger partial charge in [0.1, 0.15) is 29.0 Å². The number of likely N-dealkylation sites (N-methyl/N-ethyl adjacent to an activating group) is 1. The van der Waals surface area contributed by atoms with Crippen molar-refractivity contribution < 1.29 is 27.9 Å². The predicted molar refractivity (Wildman–Crippen MR) is 188 cm³/mol. The molecule has 0 bridgehead atoms. The number of carbonyl (C=O) groups is 3. The van der Waals surface area contributed by atoms with E-state index in [2.05, 4.69) is 37.8 Å². The fourth-order valence-electron chi connectivity index (χ4n) is 6.36. The number of piperidine rings is 1. The third kappa shape index (κ3) is 9.96.